The molecule has 2 bridgehead atoms. The first-order chi connectivity index (χ1) is 14.5. The summed E-state index contributed by atoms with van der Waals surface area (Å²) in [4.78, 5) is 4.42. The van der Waals surface area contributed by atoms with Crippen LogP contribution in [0.25, 0.3) is 16.9 Å². The molecule has 0 saturated carbocycles. The van der Waals surface area contributed by atoms with Crippen LogP contribution in [0.2, 0.25) is 0 Å². The van der Waals surface area contributed by atoms with E-state index in [1.807, 2.05) is 34.7 Å². The number of fused-ring (bicyclic) bond motifs is 7. The molecule has 0 spiro atoms. The Morgan fingerprint density at radius 3 is 2.87 bits per heavy atom. The van der Waals surface area contributed by atoms with Crippen molar-refractivity contribution in [1.29, 1.82) is 0 Å². The summed E-state index contributed by atoms with van der Waals surface area (Å²) in [6, 6.07) is 10.4. The first kappa shape index (κ1) is 18.4. The van der Waals surface area contributed by atoms with Gasteiger partial charge in [0.2, 0.25) is 0 Å². The lowest BCUT2D eigenvalue weighted by Gasteiger charge is -2.22. The first-order valence-corrected chi connectivity index (χ1v) is 10.2. The van der Waals surface area contributed by atoms with Crippen LogP contribution in [-0.2, 0) is 13.0 Å². The standard InChI is InChI=1S/C23H24N6O/c1-4-28-22-16(13-27-28)10-18-7-8-26-29(18)20-6-5-14(2)9-19(20)15(3)30-21-11-17(22)12-25-23(21)24/h5-9,11-13,15H,4,10H2,1-3H3,(H2,24,25)/t15-/m1/s1. The molecule has 0 radical (unpaired) electrons. The number of nitrogen functional groups attached to an aromatic ring is 1. The van der Waals surface area contributed by atoms with Crippen molar-refractivity contribution in [3.05, 3.63) is 71.3 Å². The van der Waals surface area contributed by atoms with E-state index < -0.39 is 0 Å². The number of nitrogens with two attached hydrogens (primary N) is 1. The van der Waals surface area contributed by atoms with Gasteiger partial charge in [0.25, 0.3) is 0 Å². The van der Waals surface area contributed by atoms with E-state index in [0.29, 0.717) is 18.0 Å². The fourth-order valence-corrected chi connectivity index (χ4v) is 4.13. The third-order valence-corrected chi connectivity index (χ3v) is 5.62. The highest BCUT2D eigenvalue weighted by Crippen LogP contribution is 2.35. The summed E-state index contributed by atoms with van der Waals surface area (Å²) in [5, 5.41) is 9.23. The van der Waals surface area contributed by atoms with E-state index in [4.69, 9.17) is 10.5 Å². The predicted octanol–water partition coefficient (Wildman–Crippen LogP) is 4.09. The molecule has 0 saturated heterocycles. The molecule has 1 aromatic carbocycles. The molecule has 1 aliphatic heterocycles. The van der Waals surface area contributed by atoms with E-state index >= 15 is 0 Å². The van der Waals surface area contributed by atoms with Gasteiger partial charge in [-0.05, 0) is 39.0 Å². The van der Waals surface area contributed by atoms with Gasteiger partial charge in [-0.2, -0.15) is 10.2 Å². The Hall–Kier alpha value is -3.61. The summed E-state index contributed by atoms with van der Waals surface area (Å²) < 4.78 is 10.3. The molecule has 3 aromatic heterocycles. The minimum Gasteiger partial charge on any atom is -0.482 e. The quantitative estimate of drug-likeness (QED) is 0.520. The van der Waals surface area contributed by atoms with Crippen LogP contribution in [0.4, 0.5) is 5.82 Å². The van der Waals surface area contributed by atoms with Crippen LogP contribution in [-0.4, -0.2) is 24.5 Å². The molecule has 152 valence electrons. The van der Waals surface area contributed by atoms with Gasteiger partial charge in [0.1, 0.15) is 6.10 Å². The summed E-state index contributed by atoms with van der Waals surface area (Å²) >= 11 is 0. The van der Waals surface area contributed by atoms with Crippen LogP contribution in [0.15, 0.2) is 48.9 Å². The normalized spacial score (nSPS) is 15.2. The number of ether oxygens (including phenoxy) is 1. The lowest BCUT2D eigenvalue weighted by atomic mass is 10.0. The Morgan fingerprint density at radius 2 is 2.03 bits per heavy atom. The number of aryl methyl sites for hydroxylation is 2. The predicted molar refractivity (Wildman–Crippen MR) is 116 cm³/mol. The summed E-state index contributed by atoms with van der Waals surface area (Å²) in [7, 11) is 0. The van der Waals surface area contributed by atoms with E-state index in [1.165, 1.54) is 0 Å². The van der Waals surface area contributed by atoms with Crippen molar-refractivity contribution in [3.8, 4) is 22.7 Å². The highest BCUT2D eigenvalue weighted by atomic mass is 16.5. The summed E-state index contributed by atoms with van der Waals surface area (Å²) in [5.41, 5.74) is 13.6. The molecule has 1 atom stereocenters. The summed E-state index contributed by atoms with van der Waals surface area (Å²) in [6.45, 7) is 6.94. The van der Waals surface area contributed by atoms with E-state index in [0.717, 1.165) is 45.9 Å². The van der Waals surface area contributed by atoms with Gasteiger partial charge in [-0.3, -0.25) is 4.68 Å². The molecule has 5 rings (SSSR count). The maximum atomic E-state index is 6.34. The molecule has 0 unspecified atom stereocenters. The van der Waals surface area contributed by atoms with Gasteiger partial charge in [0, 0.05) is 47.7 Å². The van der Waals surface area contributed by atoms with Crippen molar-refractivity contribution in [2.24, 2.45) is 0 Å². The van der Waals surface area contributed by atoms with Gasteiger partial charge in [-0.25, -0.2) is 9.67 Å². The monoisotopic (exact) mass is 400 g/mol. The number of aromatic nitrogens is 5. The van der Waals surface area contributed by atoms with Crippen LogP contribution in [0.3, 0.4) is 0 Å². The second-order valence-corrected chi connectivity index (χ2v) is 7.68. The van der Waals surface area contributed by atoms with Crippen LogP contribution in [0.5, 0.6) is 5.75 Å². The average molecular weight is 400 g/mol. The van der Waals surface area contributed by atoms with Crippen molar-refractivity contribution in [2.45, 2.75) is 39.8 Å². The molecular formula is C23H24N6O. The largest absolute Gasteiger partial charge is 0.482 e. The number of rotatable bonds is 1. The molecule has 0 fully saturated rings. The highest BCUT2D eigenvalue weighted by molar-refractivity contribution is 5.68. The average Bonchev–Trinajstić information content (AvgIpc) is 3.36. The smallest absolute Gasteiger partial charge is 0.166 e. The number of pyridine rings is 1. The van der Waals surface area contributed by atoms with Gasteiger partial charge >= 0.3 is 0 Å². The van der Waals surface area contributed by atoms with Crippen molar-refractivity contribution >= 4 is 5.82 Å². The molecular weight excluding hydrogens is 376 g/mol. The zero-order chi connectivity index (χ0) is 20.8. The zero-order valence-electron chi connectivity index (χ0n) is 17.3. The Labute approximate surface area is 175 Å². The van der Waals surface area contributed by atoms with Gasteiger partial charge in [0.15, 0.2) is 11.6 Å². The van der Waals surface area contributed by atoms with Gasteiger partial charge in [-0.15, -0.1) is 0 Å². The maximum absolute atomic E-state index is 6.34. The molecule has 2 N–H and O–H groups in total. The van der Waals surface area contributed by atoms with Crippen molar-refractivity contribution in [2.75, 3.05) is 5.73 Å². The fourth-order valence-electron chi connectivity index (χ4n) is 4.13. The van der Waals surface area contributed by atoms with Gasteiger partial charge < -0.3 is 10.5 Å². The maximum Gasteiger partial charge on any atom is 0.166 e. The molecule has 0 amide bonds. The second kappa shape index (κ2) is 7.02. The Kier molecular flexibility index (Phi) is 4.31. The number of anilines is 1. The Morgan fingerprint density at radius 1 is 1.17 bits per heavy atom. The number of hydrogen-bond donors (Lipinski definition) is 1. The van der Waals surface area contributed by atoms with Gasteiger partial charge in [0.05, 0.1) is 17.6 Å². The molecule has 30 heavy (non-hydrogen) atoms. The summed E-state index contributed by atoms with van der Waals surface area (Å²) in [5.74, 6) is 0.948. The van der Waals surface area contributed by atoms with Gasteiger partial charge in [-0.1, -0.05) is 17.7 Å². The SMILES string of the molecule is CCn1ncc2c1-c1cnc(N)c(c1)O[C@H](C)c1cc(C)ccc1-n1nccc1C2. The zero-order valence-corrected chi connectivity index (χ0v) is 17.3. The van der Waals surface area contributed by atoms with E-state index in [9.17, 15) is 0 Å². The van der Waals surface area contributed by atoms with Crippen LogP contribution in [0, 0.1) is 6.92 Å². The van der Waals surface area contributed by atoms with E-state index in [1.54, 1.807) is 6.20 Å². The Balaban J connectivity index is 1.79. The molecule has 0 aliphatic carbocycles. The highest BCUT2D eigenvalue weighted by Gasteiger charge is 2.22. The third kappa shape index (κ3) is 2.94. The minimum atomic E-state index is -0.230. The van der Waals surface area contributed by atoms with Crippen LogP contribution >= 0.6 is 0 Å². The van der Waals surface area contributed by atoms with Crippen molar-refractivity contribution in [3.63, 3.8) is 0 Å². The molecule has 4 heterocycles. The van der Waals surface area contributed by atoms with Crippen LogP contribution in [0.1, 0.15) is 42.3 Å². The molecule has 4 aromatic rings. The lowest BCUT2D eigenvalue weighted by Crippen LogP contribution is -2.13. The topological polar surface area (TPSA) is 83.8 Å². The van der Waals surface area contributed by atoms with E-state index in [-0.39, 0.29) is 6.10 Å². The first-order valence-electron chi connectivity index (χ1n) is 10.2. The minimum absolute atomic E-state index is 0.230. The van der Waals surface area contributed by atoms with Crippen molar-refractivity contribution < 1.29 is 4.74 Å². The Bertz CT molecular complexity index is 1240. The molecule has 7 heteroatoms. The molecule has 7 nitrogen and oxygen atoms in total. The second-order valence-electron chi connectivity index (χ2n) is 7.68. The van der Waals surface area contributed by atoms with Crippen molar-refractivity contribution in [1.82, 2.24) is 24.5 Å². The number of hydrogen-bond acceptors (Lipinski definition) is 5. The fraction of sp³-hybridized carbons (Fsp3) is 0.261. The number of nitrogens with zero attached hydrogens (tertiary/aromatic N) is 5. The summed E-state index contributed by atoms with van der Waals surface area (Å²) in [6.07, 6.45) is 6.04. The third-order valence-electron chi connectivity index (χ3n) is 5.62. The van der Waals surface area contributed by atoms with E-state index in [2.05, 4.69) is 53.3 Å². The van der Waals surface area contributed by atoms with Crippen LogP contribution < -0.4 is 10.5 Å². The molecule has 1 aliphatic rings. The number of benzene rings is 1. The lowest BCUT2D eigenvalue weighted by molar-refractivity contribution is 0.227.